The largest absolute Gasteiger partial charge is 0.497 e. The predicted molar refractivity (Wildman–Crippen MR) is 68.1 cm³/mol. The fraction of sp³-hybridized carbons (Fsp3) is 0.500. The van der Waals surface area contributed by atoms with Gasteiger partial charge >= 0.3 is 5.97 Å². The van der Waals surface area contributed by atoms with Crippen LogP contribution >= 0.6 is 0 Å². The first kappa shape index (κ1) is 12.9. The number of ether oxygens (including phenoxy) is 2. The van der Waals surface area contributed by atoms with E-state index < -0.39 is 0 Å². The number of carbonyl (C=O) groups is 1. The lowest BCUT2D eigenvalue weighted by Crippen LogP contribution is -2.31. The average Bonchev–Trinajstić information content (AvgIpc) is 2.82. The lowest BCUT2D eigenvalue weighted by atomic mass is 10.1. The lowest BCUT2D eigenvalue weighted by Gasteiger charge is -2.14. The minimum Gasteiger partial charge on any atom is -0.497 e. The molecule has 0 amide bonds. The standard InChI is InChI=1S/C14H19NO3/c1-17-11-5-2-4-10(8-11)9-18-14(16)12-6-3-7-13(12)15/h2,4-5,8,12-13H,3,6-7,9,15H2,1H3. The normalized spacial score (nSPS) is 22.8. The van der Waals surface area contributed by atoms with Gasteiger partial charge in [0, 0.05) is 6.04 Å². The third kappa shape index (κ3) is 3.01. The summed E-state index contributed by atoms with van der Waals surface area (Å²) < 4.78 is 10.4. The molecule has 0 aromatic heterocycles. The molecule has 98 valence electrons. The molecule has 1 aromatic carbocycles. The Morgan fingerprint density at radius 3 is 2.94 bits per heavy atom. The van der Waals surface area contributed by atoms with Crippen molar-refractivity contribution < 1.29 is 14.3 Å². The van der Waals surface area contributed by atoms with Crippen LogP contribution in [0.15, 0.2) is 24.3 Å². The number of nitrogens with two attached hydrogens (primary N) is 1. The van der Waals surface area contributed by atoms with Crippen LogP contribution in [-0.2, 0) is 16.1 Å². The number of rotatable bonds is 4. The Kier molecular flexibility index (Phi) is 4.20. The minimum absolute atomic E-state index is 0.0391. The van der Waals surface area contributed by atoms with Gasteiger partial charge in [0.2, 0.25) is 0 Å². The monoisotopic (exact) mass is 249 g/mol. The first-order chi connectivity index (χ1) is 8.70. The lowest BCUT2D eigenvalue weighted by molar-refractivity contribution is -0.150. The molecular formula is C14H19NO3. The van der Waals surface area contributed by atoms with Crippen molar-refractivity contribution in [1.82, 2.24) is 0 Å². The highest BCUT2D eigenvalue weighted by Gasteiger charge is 2.31. The molecule has 0 radical (unpaired) electrons. The summed E-state index contributed by atoms with van der Waals surface area (Å²) in [5.41, 5.74) is 6.80. The number of hydrogen-bond donors (Lipinski definition) is 1. The van der Waals surface area contributed by atoms with E-state index >= 15 is 0 Å². The topological polar surface area (TPSA) is 61.5 Å². The molecule has 0 heterocycles. The molecule has 1 fully saturated rings. The van der Waals surface area contributed by atoms with E-state index in [9.17, 15) is 4.79 Å². The Balaban J connectivity index is 1.88. The van der Waals surface area contributed by atoms with Gasteiger partial charge in [-0.1, -0.05) is 18.6 Å². The molecule has 2 N–H and O–H groups in total. The van der Waals surface area contributed by atoms with Crippen molar-refractivity contribution >= 4 is 5.97 Å². The Hall–Kier alpha value is -1.55. The molecule has 2 unspecified atom stereocenters. The van der Waals surface area contributed by atoms with Crippen LogP contribution in [0.3, 0.4) is 0 Å². The Morgan fingerprint density at radius 1 is 1.44 bits per heavy atom. The molecular weight excluding hydrogens is 230 g/mol. The summed E-state index contributed by atoms with van der Waals surface area (Å²) in [7, 11) is 1.61. The Morgan fingerprint density at radius 2 is 2.28 bits per heavy atom. The average molecular weight is 249 g/mol. The zero-order chi connectivity index (χ0) is 13.0. The van der Waals surface area contributed by atoms with Crippen LogP contribution in [0.2, 0.25) is 0 Å². The van der Waals surface area contributed by atoms with Crippen LogP contribution < -0.4 is 10.5 Å². The van der Waals surface area contributed by atoms with Crippen molar-refractivity contribution in [2.24, 2.45) is 11.7 Å². The molecule has 1 aliphatic rings. The fourth-order valence-corrected chi connectivity index (χ4v) is 2.31. The maximum absolute atomic E-state index is 11.9. The molecule has 4 nitrogen and oxygen atoms in total. The highest BCUT2D eigenvalue weighted by molar-refractivity contribution is 5.73. The predicted octanol–water partition coefficient (Wildman–Crippen LogP) is 1.87. The molecule has 0 aliphatic heterocycles. The van der Waals surface area contributed by atoms with Crippen LogP contribution in [0.1, 0.15) is 24.8 Å². The van der Waals surface area contributed by atoms with Crippen LogP contribution in [-0.4, -0.2) is 19.1 Å². The smallest absolute Gasteiger partial charge is 0.310 e. The highest BCUT2D eigenvalue weighted by atomic mass is 16.5. The molecule has 0 spiro atoms. The third-order valence-corrected chi connectivity index (χ3v) is 3.39. The number of methoxy groups -OCH3 is 1. The molecule has 2 atom stereocenters. The van der Waals surface area contributed by atoms with Crippen molar-refractivity contribution in [2.45, 2.75) is 31.9 Å². The number of esters is 1. The molecule has 4 heteroatoms. The second-order valence-electron chi connectivity index (χ2n) is 4.66. The zero-order valence-electron chi connectivity index (χ0n) is 10.6. The summed E-state index contributed by atoms with van der Waals surface area (Å²) in [5.74, 6) is 0.458. The van der Waals surface area contributed by atoms with E-state index in [0.717, 1.165) is 30.6 Å². The summed E-state index contributed by atoms with van der Waals surface area (Å²) in [5, 5.41) is 0. The first-order valence-electron chi connectivity index (χ1n) is 6.26. The van der Waals surface area contributed by atoms with Crippen molar-refractivity contribution in [3.8, 4) is 5.75 Å². The van der Waals surface area contributed by atoms with Crippen LogP contribution in [0.25, 0.3) is 0 Å². The molecule has 1 saturated carbocycles. The Labute approximate surface area is 107 Å². The molecule has 1 aromatic rings. The van der Waals surface area contributed by atoms with E-state index in [1.165, 1.54) is 0 Å². The summed E-state index contributed by atoms with van der Waals surface area (Å²) in [6, 6.07) is 7.47. The maximum Gasteiger partial charge on any atom is 0.310 e. The van der Waals surface area contributed by atoms with Crippen molar-refractivity contribution in [1.29, 1.82) is 0 Å². The van der Waals surface area contributed by atoms with E-state index in [1.807, 2.05) is 24.3 Å². The van der Waals surface area contributed by atoms with E-state index in [4.69, 9.17) is 15.2 Å². The highest BCUT2D eigenvalue weighted by Crippen LogP contribution is 2.25. The Bertz CT molecular complexity index is 419. The second-order valence-corrected chi connectivity index (χ2v) is 4.66. The second kappa shape index (κ2) is 5.87. The summed E-state index contributed by atoms with van der Waals surface area (Å²) in [6.07, 6.45) is 2.77. The van der Waals surface area contributed by atoms with Gasteiger partial charge < -0.3 is 15.2 Å². The first-order valence-corrected chi connectivity index (χ1v) is 6.26. The van der Waals surface area contributed by atoms with Gasteiger partial charge in [0.1, 0.15) is 12.4 Å². The van der Waals surface area contributed by atoms with Gasteiger partial charge in [-0.2, -0.15) is 0 Å². The number of hydrogen-bond acceptors (Lipinski definition) is 4. The summed E-state index contributed by atoms with van der Waals surface area (Å²) in [4.78, 5) is 11.9. The van der Waals surface area contributed by atoms with E-state index in [0.29, 0.717) is 0 Å². The minimum atomic E-state index is -0.178. The van der Waals surface area contributed by atoms with Gasteiger partial charge in [-0.3, -0.25) is 4.79 Å². The van der Waals surface area contributed by atoms with E-state index in [1.54, 1.807) is 7.11 Å². The van der Waals surface area contributed by atoms with Gasteiger partial charge in [-0.25, -0.2) is 0 Å². The quantitative estimate of drug-likeness (QED) is 0.827. The van der Waals surface area contributed by atoms with E-state index in [-0.39, 0.29) is 24.5 Å². The molecule has 0 bridgehead atoms. The number of carbonyl (C=O) groups excluding carboxylic acids is 1. The fourth-order valence-electron chi connectivity index (χ4n) is 2.31. The molecule has 18 heavy (non-hydrogen) atoms. The third-order valence-electron chi connectivity index (χ3n) is 3.39. The SMILES string of the molecule is COc1cccc(COC(=O)C2CCCC2N)c1. The van der Waals surface area contributed by atoms with Crippen LogP contribution in [0, 0.1) is 5.92 Å². The molecule has 0 saturated heterocycles. The van der Waals surface area contributed by atoms with Gasteiger partial charge in [0.05, 0.1) is 13.0 Å². The zero-order valence-corrected chi connectivity index (χ0v) is 10.6. The molecule has 1 aliphatic carbocycles. The van der Waals surface area contributed by atoms with Gasteiger partial charge in [-0.05, 0) is 30.5 Å². The summed E-state index contributed by atoms with van der Waals surface area (Å²) >= 11 is 0. The van der Waals surface area contributed by atoms with E-state index in [2.05, 4.69) is 0 Å². The van der Waals surface area contributed by atoms with Crippen molar-refractivity contribution in [2.75, 3.05) is 7.11 Å². The van der Waals surface area contributed by atoms with Crippen molar-refractivity contribution in [3.63, 3.8) is 0 Å². The number of benzene rings is 1. The van der Waals surface area contributed by atoms with Gasteiger partial charge in [-0.15, -0.1) is 0 Å². The maximum atomic E-state index is 11.9. The van der Waals surface area contributed by atoms with Crippen LogP contribution in [0.4, 0.5) is 0 Å². The van der Waals surface area contributed by atoms with Gasteiger partial charge in [0.25, 0.3) is 0 Å². The molecule has 2 rings (SSSR count). The van der Waals surface area contributed by atoms with Crippen molar-refractivity contribution in [3.05, 3.63) is 29.8 Å². The van der Waals surface area contributed by atoms with Gasteiger partial charge in [0.15, 0.2) is 0 Å². The van der Waals surface area contributed by atoms with Crippen LogP contribution in [0.5, 0.6) is 5.75 Å². The summed E-state index contributed by atoms with van der Waals surface area (Å²) in [6.45, 7) is 0.277.